The summed E-state index contributed by atoms with van der Waals surface area (Å²) in [5, 5.41) is 10.1. The number of phenols is 1. The third-order valence-corrected chi connectivity index (χ3v) is 3.91. The molecule has 3 rings (SSSR count). The first-order valence-corrected chi connectivity index (χ1v) is 7.88. The van der Waals surface area contributed by atoms with Crippen LogP contribution in [0.3, 0.4) is 0 Å². The van der Waals surface area contributed by atoms with Crippen molar-refractivity contribution in [1.82, 2.24) is 4.90 Å². The highest BCUT2D eigenvalue weighted by Crippen LogP contribution is 2.38. The van der Waals surface area contributed by atoms with Gasteiger partial charge in [-0.25, -0.2) is 0 Å². The van der Waals surface area contributed by atoms with E-state index in [-0.39, 0.29) is 24.0 Å². The van der Waals surface area contributed by atoms with Gasteiger partial charge in [-0.15, -0.1) is 0 Å². The molecule has 1 aliphatic rings. The molecule has 8 heteroatoms. The molecule has 0 bridgehead atoms. The lowest BCUT2D eigenvalue weighted by molar-refractivity contribution is -0.0512. The van der Waals surface area contributed by atoms with Crippen LogP contribution >= 0.6 is 0 Å². The summed E-state index contributed by atoms with van der Waals surface area (Å²) in [6, 6.07) is 8.06. The highest BCUT2D eigenvalue weighted by atomic mass is 19.3. The number of hydrogen-bond acceptors (Lipinski definition) is 6. The molecule has 0 atom stereocenters. The van der Waals surface area contributed by atoms with Crippen LogP contribution in [-0.2, 0) is 13.1 Å². The summed E-state index contributed by atoms with van der Waals surface area (Å²) in [5.41, 5.74) is 1.55. The number of alkyl halides is 2. The van der Waals surface area contributed by atoms with Crippen LogP contribution in [0.2, 0.25) is 0 Å². The zero-order chi connectivity index (χ0) is 18.7. The Morgan fingerprint density at radius 2 is 1.85 bits per heavy atom. The van der Waals surface area contributed by atoms with Crippen molar-refractivity contribution in [1.29, 1.82) is 0 Å². The fourth-order valence-corrected chi connectivity index (χ4v) is 2.76. The number of fused-ring (bicyclic) bond motifs is 1. The monoisotopic (exact) mass is 367 g/mol. The molecule has 0 saturated carbocycles. The normalized spacial score (nSPS) is 12.7. The molecule has 1 heterocycles. The van der Waals surface area contributed by atoms with Gasteiger partial charge in [0.1, 0.15) is 5.75 Å². The average Bonchev–Trinajstić information content (AvgIpc) is 3.03. The van der Waals surface area contributed by atoms with Crippen LogP contribution in [0.15, 0.2) is 30.3 Å². The molecule has 0 fully saturated rings. The maximum absolute atomic E-state index is 12.4. The third kappa shape index (κ3) is 4.08. The van der Waals surface area contributed by atoms with Crippen LogP contribution in [0.5, 0.6) is 28.7 Å². The van der Waals surface area contributed by atoms with Gasteiger partial charge >= 0.3 is 6.61 Å². The van der Waals surface area contributed by atoms with Crippen molar-refractivity contribution < 1.29 is 32.8 Å². The van der Waals surface area contributed by atoms with E-state index in [1.807, 2.05) is 11.9 Å². The molecule has 0 radical (unpaired) electrons. The molecule has 26 heavy (non-hydrogen) atoms. The predicted molar refractivity (Wildman–Crippen MR) is 89.0 cm³/mol. The van der Waals surface area contributed by atoms with Gasteiger partial charge in [-0.3, -0.25) is 4.90 Å². The van der Waals surface area contributed by atoms with Crippen LogP contribution in [0.1, 0.15) is 11.1 Å². The molecule has 0 saturated heterocycles. The van der Waals surface area contributed by atoms with Crippen LogP contribution in [0, 0.1) is 0 Å². The summed E-state index contributed by atoms with van der Waals surface area (Å²) in [6.07, 6.45) is 0. The number of hydrogen-bond donors (Lipinski definition) is 1. The molecule has 0 unspecified atom stereocenters. The Bertz CT molecular complexity index is 784. The number of phenolic OH excluding ortho intramolecular Hbond substituents is 1. The molecule has 0 aromatic heterocycles. The van der Waals surface area contributed by atoms with Crippen molar-refractivity contribution in [3.05, 3.63) is 41.5 Å². The van der Waals surface area contributed by atoms with Gasteiger partial charge in [-0.2, -0.15) is 8.78 Å². The molecular weight excluding hydrogens is 348 g/mol. The Morgan fingerprint density at radius 3 is 2.54 bits per heavy atom. The number of benzene rings is 2. The van der Waals surface area contributed by atoms with Crippen molar-refractivity contribution in [3.8, 4) is 28.7 Å². The number of ether oxygens (including phenoxy) is 4. The van der Waals surface area contributed by atoms with E-state index in [1.165, 1.54) is 19.2 Å². The van der Waals surface area contributed by atoms with Crippen molar-refractivity contribution in [2.45, 2.75) is 19.7 Å². The van der Waals surface area contributed by atoms with E-state index in [4.69, 9.17) is 14.2 Å². The number of rotatable bonds is 7. The minimum absolute atomic E-state index is 0.0117. The Hall–Kier alpha value is -2.74. The molecule has 140 valence electrons. The molecule has 0 spiro atoms. The first kappa shape index (κ1) is 18.1. The molecule has 0 aliphatic carbocycles. The summed E-state index contributed by atoms with van der Waals surface area (Å²) in [5.74, 6) is 1.47. The predicted octanol–water partition coefficient (Wildman–Crippen LogP) is 3.36. The number of halogens is 2. The van der Waals surface area contributed by atoms with E-state index in [0.29, 0.717) is 30.2 Å². The van der Waals surface area contributed by atoms with E-state index in [2.05, 4.69) is 4.74 Å². The van der Waals surface area contributed by atoms with Gasteiger partial charge in [0, 0.05) is 24.7 Å². The van der Waals surface area contributed by atoms with Gasteiger partial charge in [0.2, 0.25) is 6.79 Å². The van der Waals surface area contributed by atoms with E-state index < -0.39 is 6.61 Å². The number of aromatic hydroxyl groups is 1. The average molecular weight is 367 g/mol. The molecule has 6 nitrogen and oxygen atoms in total. The van der Waals surface area contributed by atoms with Gasteiger partial charge < -0.3 is 24.1 Å². The van der Waals surface area contributed by atoms with Crippen molar-refractivity contribution in [3.63, 3.8) is 0 Å². The zero-order valence-corrected chi connectivity index (χ0v) is 14.4. The summed E-state index contributed by atoms with van der Waals surface area (Å²) >= 11 is 0. The highest BCUT2D eigenvalue weighted by molar-refractivity contribution is 5.51. The standard InChI is InChI=1S/C18H19F2NO5/c1-21(9-12-6-16-17(7-13(12)22)25-10-24-16)8-11-3-4-14(26-18(19)20)15(5-11)23-2/h3-7,18,22H,8-10H2,1-2H3. The molecular formula is C18H19F2NO5. The summed E-state index contributed by atoms with van der Waals surface area (Å²) < 4.78 is 44.9. The van der Waals surface area contributed by atoms with Crippen LogP contribution in [0.25, 0.3) is 0 Å². The Labute approximate surface area is 149 Å². The van der Waals surface area contributed by atoms with Crippen molar-refractivity contribution in [2.24, 2.45) is 0 Å². The van der Waals surface area contributed by atoms with Gasteiger partial charge in [0.05, 0.1) is 7.11 Å². The van der Waals surface area contributed by atoms with Crippen molar-refractivity contribution in [2.75, 3.05) is 21.0 Å². The SMILES string of the molecule is COc1cc(CN(C)Cc2cc3c(cc2O)OCO3)ccc1OC(F)F. The summed E-state index contributed by atoms with van der Waals surface area (Å²) in [7, 11) is 3.27. The lowest BCUT2D eigenvalue weighted by Crippen LogP contribution is -2.17. The van der Waals surface area contributed by atoms with E-state index >= 15 is 0 Å². The van der Waals surface area contributed by atoms with E-state index in [1.54, 1.807) is 18.2 Å². The lowest BCUT2D eigenvalue weighted by Gasteiger charge is -2.19. The van der Waals surface area contributed by atoms with Crippen molar-refractivity contribution >= 4 is 0 Å². The smallest absolute Gasteiger partial charge is 0.387 e. The molecule has 1 N–H and O–H groups in total. The Morgan fingerprint density at radius 1 is 1.12 bits per heavy atom. The Kier molecular flexibility index (Phi) is 5.32. The lowest BCUT2D eigenvalue weighted by atomic mass is 10.1. The number of methoxy groups -OCH3 is 1. The molecule has 2 aromatic rings. The summed E-state index contributed by atoms with van der Waals surface area (Å²) in [4.78, 5) is 1.96. The maximum atomic E-state index is 12.4. The minimum atomic E-state index is -2.91. The molecule has 0 amide bonds. The molecule has 2 aromatic carbocycles. The first-order valence-electron chi connectivity index (χ1n) is 7.88. The van der Waals surface area contributed by atoms with Gasteiger partial charge in [0.25, 0.3) is 0 Å². The Balaban J connectivity index is 1.69. The second kappa shape index (κ2) is 7.65. The molecule has 1 aliphatic heterocycles. The topological polar surface area (TPSA) is 60.4 Å². The maximum Gasteiger partial charge on any atom is 0.387 e. The van der Waals surface area contributed by atoms with E-state index in [9.17, 15) is 13.9 Å². The minimum Gasteiger partial charge on any atom is -0.507 e. The quantitative estimate of drug-likeness (QED) is 0.810. The second-order valence-electron chi connectivity index (χ2n) is 5.87. The fraction of sp³-hybridized carbons (Fsp3) is 0.333. The zero-order valence-electron chi connectivity index (χ0n) is 14.4. The van der Waals surface area contributed by atoms with Gasteiger partial charge in [-0.1, -0.05) is 6.07 Å². The van der Waals surface area contributed by atoms with Crippen LogP contribution in [-0.4, -0.2) is 37.6 Å². The van der Waals surface area contributed by atoms with Crippen LogP contribution < -0.4 is 18.9 Å². The third-order valence-electron chi connectivity index (χ3n) is 3.91. The van der Waals surface area contributed by atoms with Gasteiger partial charge in [-0.05, 0) is 30.8 Å². The fourth-order valence-electron chi connectivity index (χ4n) is 2.76. The van der Waals surface area contributed by atoms with Crippen LogP contribution in [0.4, 0.5) is 8.78 Å². The first-order chi connectivity index (χ1) is 12.5. The second-order valence-corrected chi connectivity index (χ2v) is 5.87. The van der Waals surface area contributed by atoms with E-state index in [0.717, 1.165) is 5.56 Å². The summed E-state index contributed by atoms with van der Waals surface area (Å²) in [6.45, 7) is -1.80. The largest absolute Gasteiger partial charge is 0.507 e. The van der Waals surface area contributed by atoms with Gasteiger partial charge in [0.15, 0.2) is 23.0 Å². The number of nitrogens with zero attached hydrogens (tertiary/aromatic N) is 1. The highest BCUT2D eigenvalue weighted by Gasteiger charge is 2.18.